The molecule has 1 rings (SSSR count). The maximum absolute atomic E-state index is 11.7. The quantitative estimate of drug-likeness (QED) is 0.744. The number of carbonyl (C=O) groups excluding carboxylic acids is 1. The molecule has 16 heavy (non-hydrogen) atoms. The summed E-state index contributed by atoms with van der Waals surface area (Å²) in [6, 6.07) is -0.0654. The lowest BCUT2D eigenvalue weighted by Gasteiger charge is -2.17. The average molecular weight is 244 g/mol. The molecule has 2 N–H and O–H groups in total. The first-order valence-electron chi connectivity index (χ1n) is 6.18. The van der Waals surface area contributed by atoms with Crippen molar-refractivity contribution >= 4 is 17.7 Å². The van der Waals surface area contributed by atoms with Gasteiger partial charge in [-0.25, -0.2) is 0 Å². The van der Waals surface area contributed by atoms with Gasteiger partial charge in [-0.3, -0.25) is 4.79 Å². The van der Waals surface area contributed by atoms with Crippen molar-refractivity contribution in [3.63, 3.8) is 0 Å². The van der Waals surface area contributed by atoms with Gasteiger partial charge in [0.25, 0.3) is 0 Å². The molecule has 3 nitrogen and oxygen atoms in total. The molecule has 0 aliphatic carbocycles. The molecule has 0 aromatic heterocycles. The van der Waals surface area contributed by atoms with Crippen LogP contribution in [0.5, 0.6) is 0 Å². The van der Waals surface area contributed by atoms with E-state index in [-0.39, 0.29) is 11.9 Å². The Labute approximate surface area is 103 Å². The summed E-state index contributed by atoms with van der Waals surface area (Å²) >= 11 is 2.02. The third-order valence-electron chi connectivity index (χ3n) is 2.81. The molecule has 0 saturated carbocycles. The normalized spacial score (nSPS) is 22.4. The highest BCUT2D eigenvalue weighted by molar-refractivity contribution is 7.99. The summed E-state index contributed by atoms with van der Waals surface area (Å²) in [6.07, 6.45) is 1.29. The fourth-order valence-corrected chi connectivity index (χ4v) is 2.92. The number of amides is 1. The van der Waals surface area contributed by atoms with Crippen molar-refractivity contribution in [3.8, 4) is 0 Å². The SMILES string of the molecule is CC(C)CNC(=O)C(C)NCC1CCSC1. The van der Waals surface area contributed by atoms with Gasteiger partial charge in [0.15, 0.2) is 0 Å². The van der Waals surface area contributed by atoms with Crippen LogP contribution in [0.4, 0.5) is 0 Å². The van der Waals surface area contributed by atoms with Crippen LogP contribution in [-0.4, -0.2) is 36.5 Å². The molecule has 1 aliphatic heterocycles. The fraction of sp³-hybridized carbons (Fsp3) is 0.917. The number of hydrogen-bond donors (Lipinski definition) is 2. The van der Waals surface area contributed by atoms with Crippen molar-refractivity contribution in [3.05, 3.63) is 0 Å². The number of nitrogens with one attached hydrogen (secondary N) is 2. The Morgan fingerprint density at radius 1 is 1.44 bits per heavy atom. The Morgan fingerprint density at radius 3 is 2.75 bits per heavy atom. The zero-order chi connectivity index (χ0) is 12.0. The second-order valence-corrected chi connectivity index (χ2v) is 6.15. The zero-order valence-corrected chi connectivity index (χ0v) is 11.4. The van der Waals surface area contributed by atoms with Crippen molar-refractivity contribution < 1.29 is 4.79 Å². The van der Waals surface area contributed by atoms with Gasteiger partial charge in [0.05, 0.1) is 6.04 Å². The van der Waals surface area contributed by atoms with E-state index in [1.165, 1.54) is 17.9 Å². The largest absolute Gasteiger partial charge is 0.354 e. The van der Waals surface area contributed by atoms with Gasteiger partial charge in [-0.05, 0) is 43.2 Å². The second kappa shape index (κ2) is 7.17. The van der Waals surface area contributed by atoms with E-state index in [1.54, 1.807) is 0 Å². The minimum Gasteiger partial charge on any atom is -0.354 e. The van der Waals surface area contributed by atoms with Crippen LogP contribution >= 0.6 is 11.8 Å². The molecule has 2 atom stereocenters. The molecule has 1 heterocycles. The summed E-state index contributed by atoms with van der Waals surface area (Å²) in [5, 5.41) is 6.27. The van der Waals surface area contributed by atoms with Crippen LogP contribution in [0, 0.1) is 11.8 Å². The molecule has 1 fully saturated rings. The minimum atomic E-state index is -0.0654. The van der Waals surface area contributed by atoms with Crippen molar-refractivity contribution in [2.45, 2.75) is 33.2 Å². The van der Waals surface area contributed by atoms with Gasteiger partial charge < -0.3 is 10.6 Å². The van der Waals surface area contributed by atoms with Crippen molar-refractivity contribution in [1.82, 2.24) is 10.6 Å². The third kappa shape index (κ3) is 5.21. The summed E-state index contributed by atoms with van der Waals surface area (Å²) in [4.78, 5) is 11.7. The first-order chi connectivity index (χ1) is 7.59. The van der Waals surface area contributed by atoms with Gasteiger partial charge in [-0.2, -0.15) is 11.8 Å². The predicted molar refractivity (Wildman–Crippen MR) is 70.7 cm³/mol. The van der Waals surface area contributed by atoms with Crippen molar-refractivity contribution in [1.29, 1.82) is 0 Å². The maximum atomic E-state index is 11.7. The Balaban J connectivity index is 2.12. The number of hydrogen-bond acceptors (Lipinski definition) is 3. The number of thioether (sulfide) groups is 1. The van der Waals surface area contributed by atoms with Crippen LogP contribution in [0.25, 0.3) is 0 Å². The van der Waals surface area contributed by atoms with Gasteiger partial charge in [0.1, 0.15) is 0 Å². The lowest BCUT2D eigenvalue weighted by molar-refractivity contribution is -0.122. The van der Waals surface area contributed by atoms with Gasteiger partial charge in [-0.15, -0.1) is 0 Å². The standard InChI is InChI=1S/C12H24N2OS/c1-9(2)6-14-12(15)10(3)13-7-11-4-5-16-8-11/h9-11,13H,4-8H2,1-3H3,(H,14,15). The molecule has 1 aliphatic rings. The first-order valence-corrected chi connectivity index (χ1v) is 7.34. The molecule has 94 valence electrons. The van der Waals surface area contributed by atoms with Gasteiger partial charge >= 0.3 is 0 Å². The fourth-order valence-electron chi connectivity index (χ4n) is 1.64. The highest BCUT2D eigenvalue weighted by Crippen LogP contribution is 2.22. The summed E-state index contributed by atoms with van der Waals surface area (Å²) in [5.41, 5.74) is 0. The zero-order valence-electron chi connectivity index (χ0n) is 10.6. The van der Waals surface area contributed by atoms with Crippen molar-refractivity contribution in [2.75, 3.05) is 24.6 Å². The van der Waals surface area contributed by atoms with Crippen LogP contribution in [0.15, 0.2) is 0 Å². The molecule has 0 radical (unpaired) electrons. The van der Waals surface area contributed by atoms with Gasteiger partial charge in [-0.1, -0.05) is 13.8 Å². The Hall–Kier alpha value is -0.220. The summed E-state index contributed by atoms with van der Waals surface area (Å²) in [6.45, 7) is 7.90. The summed E-state index contributed by atoms with van der Waals surface area (Å²) in [5.74, 6) is 3.92. The van der Waals surface area contributed by atoms with E-state index in [1.807, 2.05) is 18.7 Å². The predicted octanol–water partition coefficient (Wildman–Crippen LogP) is 1.49. The molecular formula is C12H24N2OS. The lowest BCUT2D eigenvalue weighted by atomic mass is 10.1. The molecular weight excluding hydrogens is 220 g/mol. The Bertz CT molecular complexity index is 215. The monoisotopic (exact) mass is 244 g/mol. The van der Waals surface area contributed by atoms with E-state index in [9.17, 15) is 4.79 Å². The van der Waals surface area contributed by atoms with E-state index in [2.05, 4.69) is 24.5 Å². The molecule has 1 amide bonds. The minimum absolute atomic E-state index is 0.0654. The summed E-state index contributed by atoms with van der Waals surface area (Å²) < 4.78 is 0. The van der Waals surface area contributed by atoms with E-state index >= 15 is 0 Å². The van der Waals surface area contributed by atoms with Gasteiger partial charge in [0.2, 0.25) is 5.91 Å². The van der Waals surface area contributed by atoms with Gasteiger partial charge in [0, 0.05) is 6.54 Å². The molecule has 0 aromatic rings. The van der Waals surface area contributed by atoms with Crippen LogP contribution in [0.1, 0.15) is 27.2 Å². The molecule has 0 bridgehead atoms. The Morgan fingerprint density at radius 2 is 2.19 bits per heavy atom. The Kier molecular flexibility index (Phi) is 6.21. The van der Waals surface area contributed by atoms with Crippen LogP contribution < -0.4 is 10.6 Å². The van der Waals surface area contributed by atoms with E-state index in [0.29, 0.717) is 5.92 Å². The average Bonchev–Trinajstić information content (AvgIpc) is 2.75. The molecule has 1 saturated heterocycles. The molecule has 0 aromatic carbocycles. The molecule has 4 heteroatoms. The first kappa shape index (κ1) is 13.8. The number of rotatable bonds is 6. The van der Waals surface area contributed by atoms with Crippen LogP contribution in [-0.2, 0) is 4.79 Å². The van der Waals surface area contributed by atoms with Crippen molar-refractivity contribution in [2.24, 2.45) is 11.8 Å². The number of carbonyl (C=O) groups is 1. The van der Waals surface area contributed by atoms with E-state index in [4.69, 9.17) is 0 Å². The second-order valence-electron chi connectivity index (χ2n) is 5.00. The van der Waals surface area contributed by atoms with E-state index < -0.39 is 0 Å². The highest BCUT2D eigenvalue weighted by Gasteiger charge is 2.18. The lowest BCUT2D eigenvalue weighted by Crippen LogP contribution is -2.44. The topological polar surface area (TPSA) is 41.1 Å². The highest BCUT2D eigenvalue weighted by atomic mass is 32.2. The van der Waals surface area contributed by atoms with E-state index in [0.717, 1.165) is 19.0 Å². The smallest absolute Gasteiger partial charge is 0.236 e. The molecule has 2 unspecified atom stereocenters. The van der Waals surface area contributed by atoms with Crippen LogP contribution in [0.3, 0.4) is 0 Å². The third-order valence-corrected chi connectivity index (χ3v) is 4.05. The maximum Gasteiger partial charge on any atom is 0.236 e. The molecule has 0 spiro atoms. The van der Waals surface area contributed by atoms with Crippen LogP contribution in [0.2, 0.25) is 0 Å². The summed E-state index contributed by atoms with van der Waals surface area (Å²) in [7, 11) is 0.